The van der Waals surface area contributed by atoms with Crippen molar-refractivity contribution in [2.45, 2.75) is 18.5 Å². The molecule has 32 heavy (non-hydrogen) atoms. The van der Waals surface area contributed by atoms with Crippen molar-refractivity contribution in [2.75, 3.05) is 0 Å². The Morgan fingerprint density at radius 1 is 1.22 bits per heavy atom. The third kappa shape index (κ3) is 3.48. The van der Waals surface area contributed by atoms with E-state index in [0.717, 1.165) is 16.7 Å². The summed E-state index contributed by atoms with van der Waals surface area (Å²) in [6.45, 7) is 0. The molecule has 2 atom stereocenters. The van der Waals surface area contributed by atoms with Crippen LogP contribution in [-0.2, 0) is 11.0 Å². The van der Waals surface area contributed by atoms with E-state index in [1.165, 1.54) is 18.3 Å². The largest absolute Gasteiger partial charge is 0.481 e. The first-order valence-corrected chi connectivity index (χ1v) is 9.62. The molecule has 0 spiro atoms. The zero-order valence-corrected chi connectivity index (χ0v) is 16.5. The molecule has 0 aliphatic heterocycles. The second kappa shape index (κ2) is 7.02. The third-order valence-electron chi connectivity index (χ3n) is 5.25. The molecule has 0 saturated heterocycles. The van der Waals surface area contributed by atoms with Crippen LogP contribution in [-0.4, -0.2) is 30.6 Å². The molecule has 1 fully saturated rings. The molecule has 0 bridgehead atoms. The average Bonchev–Trinajstić information content (AvgIpc) is 3.17. The Hall–Kier alpha value is -3.47. The highest BCUT2D eigenvalue weighted by Gasteiger charge is 2.44. The maximum atomic E-state index is 14.6. The number of hydrogen-bond donors (Lipinski definition) is 1. The molecule has 1 aliphatic rings. The van der Waals surface area contributed by atoms with E-state index in [1.54, 1.807) is 6.07 Å². The molecule has 7 nitrogen and oxygen atoms in total. The number of carboxylic acid groups (broad SMARTS) is 1. The van der Waals surface area contributed by atoms with E-state index in [1.807, 2.05) is 0 Å². The Kier molecular flexibility index (Phi) is 4.48. The number of fused-ring (bicyclic) bond motifs is 1. The van der Waals surface area contributed by atoms with Gasteiger partial charge in [0.05, 0.1) is 22.1 Å². The molecule has 3 aromatic heterocycles. The Balaban J connectivity index is 1.46. The zero-order chi connectivity index (χ0) is 22.8. The number of nitrogens with zero attached hydrogens (tertiary/aromatic N) is 4. The Bertz CT molecular complexity index is 1380. The van der Waals surface area contributed by atoms with E-state index in [9.17, 15) is 22.4 Å². The molecule has 5 rings (SSSR count). The molecular formula is C20H11ClF4N4O3. The van der Waals surface area contributed by atoms with Crippen LogP contribution >= 0.6 is 11.6 Å². The predicted octanol–water partition coefficient (Wildman–Crippen LogP) is 5.05. The summed E-state index contributed by atoms with van der Waals surface area (Å²) in [5.41, 5.74) is -0.241. The van der Waals surface area contributed by atoms with Crippen LogP contribution in [0.15, 0.2) is 41.2 Å². The lowest BCUT2D eigenvalue weighted by Gasteiger charge is -2.07. The van der Waals surface area contributed by atoms with Crippen LogP contribution in [0.3, 0.4) is 0 Å². The zero-order valence-electron chi connectivity index (χ0n) is 15.8. The summed E-state index contributed by atoms with van der Waals surface area (Å²) in [6, 6.07) is 5.03. The highest BCUT2D eigenvalue weighted by Crippen LogP contribution is 2.48. The minimum Gasteiger partial charge on any atom is -0.481 e. The lowest BCUT2D eigenvalue weighted by Crippen LogP contribution is -2.06. The molecule has 3 heterocycles. The number of aliphatic carboxylic acids is 1. The number of imidazole rings is 1. The molecule has 164 valence electrons. The van der Waals surface area contributed by atoms with Gasteiger partial charge in [-0.1, -0.05) is 22.8 Å². The number of pyridine rings is 1. The van der Waals surface area contributed by atoms with Crippen LogP contribution in [0.1, 0.15) is 23.5 Å². The molecule has 1 aromatic carbocycles. The van der Waals surface area contributed by atoms with E-state index >= 15 is 0 Å². The van der Waals surface area contributed by atoms with Crippen LogP contribution < -0.4 is 0 Å². The molecular weight excluding hydrogens is 456 g/mol. The third-order valence-corrected chi connectivity index (χ3v) is 5.53. The van der Waals surface area contributed by atoms with Gasteiger partial charge in [-0.3, -0.25) is 4.79 Å². The molecule has 2 unspecified atom stereocenters. The Labute approximate surface area is 181 Å². The quantitative estimate of drug-likeness (QED) is 0.423. The number of halogens is 5. The number of aromatic nitrogens is 4. The number of rotatable bonds is 4. The van der Waals surface area contributed by atoms with E-state index in [0.29, 0.717) is 12.0 Å². The summed E-state index contributed by atoms with van der Waals surface area (Å²) in [5, 5.41) is 12.5. The van der Waals surface area contributed by atoms with Crippen LogP contribution in [0.25, 0.3) is 28.6 Å². The molecule has 4 aromatic rings. The van der Waals surface area contributed by atoms with Gasteiger partial charge in [0.2, 0.25) is 5.82 Å². The summed E-state index contributed by atoms with van der Waals surface area (Å²) in [6.07, 6.45) is -2.07. The molecule has 12 heteroatoms. The minimum atomic E-state index is -4.59. The first-order valence-electron chi connectivity index (χ1n) is 9.24. The standard InChI is InChI=1S/C20H11ClF4N4O3/c21-13-4-9(20(23,24)25)6-29-7-15(26-17(13)29)18-27-16(28-32-18)10-2-1-8(3-14(10)22)11-5-12(11)19(30)31/h1-4,6-7,11-12H,5H2,(H,30,31). The molecule has 1 aliphatic carbocycles. The van der Waals surface area contributed by atoms with E-state index < -0.39 is 29.4 Å². The van der Waals surface area contributed by atoms with Crippen molar-refractivity contribution < 1.29 is 32.0 Å². The summed E-state index contributed by atoms with van der Waals surface area (Å²) in [4.78, 5) is 19.2. The number of hydrogen-bond acceptors (Lipinski definition) is 5. The van der Waals surface area contributed by atoms with Crippen LogP contribution in [0.5, 0.6) is 0 Å². The van der Waals surface area contributed by atoms with Gasteiger partial charge in [-0.05, 0) is 36.1 Å². The van der Waals surface area contributed by atoms with Gasteiger partial charge in [-0.15, -0.1) is 0 Å². The fourth-order valence-electron chi connectivity index (χ4n) is 3.53. The van der Waals surface area contributed by atoms with Crippen molar-refractivity contribution in [3.63, 3.8) is 0 Å². The highest BCUT2D eigenvalue weighted by atomic mass is 35.5. The van der Waals surface area contributed by atoms with Crippen molar-refractivity contribution in [2.24, 2.45) is 5.92 Å². The normalized spacial score (nSPS) is 18.3. The monoisotopic (exact) mass is 466 g/mol. The van der Waals surface area contributed by atoms with Crippen molar-refractivity contribution in [1.29, 1.82) is 0 Å². The summed E-state index contributed by atoms with van der Waals surface area (Å²) < 4.78 is 59.8. The maximum absolute atomic E-state index is 14.6. The second-order valence-electron chi connectivity index (χ2n) is 7.38. The van der Waals surface area contributed by atoms with E-state index in [2.05, 4.69) is 15.1 Å². The van der Waals surface area contributed by atoms with Crippen molar-refractivity contribution in [3.8, 4) is 23.0 Å². The Morgan fingerprint density at radius 2 is 2.00 bits per heavy atom. The topological polar surface area (TPSA) is 93.5 Å². The van der Waals surface area contributed by atoms with Gasteiger partial charge in [-0.2, -0.15) is 18.2 Å². The van der Waals surface area contributed by atoms with Gasteiger partial charge >= 0.3 is 12.1 Å². The maximum Gasteiger partial charge on any atom is 0.417 e. The van der Waals surface area contributed by atoms with Gasteiger partial charge in [-0.25, -0.2) is 9.37 Å². The number of carbonyl (C=O) groups is 1. The van der Waals surface area contributed by atoms with E-state index in [4.69, 9.17) is 21.2 Å². The number of carboxylic acids is 1. The summed E-state index contributed by atoms with van der Waals surface area (Å²) in [5.74, 6) is -2.55. The fraction of sp³-hybridized carbons (Fsp3) is 0.200. The Morgan fingerprint density at radius 3 is 2.66 bits per heavy atom. The number of alkyl halides is 3. The van der Waals surface area contributed by atoms with Crippen LogP contribution in [0, 0.1) is 11.7 Å². The highest BCUT2D eigenvalue weighted by molar-refractivity contribution is 6.33. The first kappa shape index (κ1) is 20.4. The van der Waals surface area contributed by atoms with Crippen molar-refractivity contribution >= 4 is 23.2 Å². The molecule has 0 radical (unpaired) electrons. The van der Waals surface area contributed by atoms with Gasteiger partial charge in [0.25, 0.3) is 5.89 Å². The van der Waals surface area contributed by atoms with Crippen LogP contribution in [0.4, 0.5) is 17.6 Å². The minimum absolute atomic E-state index is 0.0254. The molecule has 0 amide bonds. The first-order chi connectivity index (χ1) is 15.1. The van der Waals surface area contributed by atoms with Gasteiger partial charge in [0.1, 0.15) is 11.5 Å². The van der Waals surface area contributed by atoms with Gasteiger partial charge in [0.15, 0.2) is 5.65 Å². The summed E-state index contributed by atoms with van der Waals surface area (Å²) in [7, 11) is 0. The molecule has 1 saturated carbocycles. The lowest BCUT2D eigenvalue weighted by molar-refractivity contribution is -0.139. The number of benzene rings is 1. The van der Waals surface area contributed by atoms with Crippen molar-refractivity contribution in [1.82, 2.24) is 19.5 Å². The summed E-state index contributed by atoms with van der Waals surface area (Å²) >= 11 is 5.93. The second-order valence-corrected chi connectivity index (χ2v) is 7.79. The van der Waals surface area contributed by atoms with Gasteiger partial charge in [0, 0.05) is 12.4 Å². The van der Waals surface area contributed by atoms with E-state index in [-0.39, 0.29) is 39.6 Å². The van der Waals surface area contributed by atoms with Crippen LogP contribution in [0.2, 0.25) is 5.02 Å². The van der Waals surface area contributed by atoms with Gasteiger partial charge < -0.3 is 14.0 Å². The fourth-order valence-corrected chi connectivity index (χ4v) is 3.79. The van der Waals surface area contributed by atoms with Crippen molar-refractivity contribution in [3.05, 3.63) is 58.6 Å². The predicted molar refractivity (Wildman–Crippen MR) is 102 cm³/mol. The molecule has 1 N–H and O–H groups in total. The SMILES string of the molecule is O=C(O)C1CC1c1ccc(-c2noc(-c3cn4cc(C(F)(F)F)cc(Cl)c4n3)n2)c(F)c1. The average molecular weight is 467 g/mol. The smallest absolute Gasteiger partial charge is 0.417 e. The lowest BCUT2D eigenvalue weighted by atomic mass is 10.1.